The minimum Gasteiger partial charge on any atom is -0.493 e. The molecule has 37 heavy (non-hydrogen) atoms. The number of methoxy groups -OCH3 is 2. The smallest absolute Gasteiger partial charge is 0.264 e. The summed E-state index contributed by atoms with van der Waals surface area (Å²) in [5, 5.41) is 11.8. The van der Waals surface area contributed by atoms with Crippen molar-refractivity contribution in [1.29, 1.82) is 0 Å². The quantitative estimate of drug-likeness (QED) is 0.330. The molecule has 192 valence electrons. The SMILES string of the molecule is COc1ccc(S(=O)(=O)N(CC(=O)Nc2nnc(-c3ccc(C)cc3)s2)c2ccc(C)cc2)cc1OC. The number of nitrogens with one attached hydrogen (secondary N) is 1. The van der Waals surface area contributed by atoms with Crippen LogP contribution in [0, 0.1) is 13.8 Å². The third kappa shape index (κ3) is 5.89. The van der Waals surface area contributed by atoms with Crippen molar-refractivity contribution in [3.63, 3.8) is 0 Å². The van der Waals surface area contributed by atoms with Crippen molar-refractivity contribution in [2.24, 2.45) is 0 Å². The normalized spacial score (nSPS) is 11.1. The van der Waals surface area contributed by atoms with E-state index in [9.17, 15) is 13.2 Å². The summed E-state index contributed by atoms with van der Waals surface area (Å²) in [7, 11) is -1.26. The highest BCUT2D eigenvalue weighted by atomic mass is 32.2. The number of ether oxygens (including phenoxy) is 2. The molecule has 0 aliphatic rings. The van der Waals surface area contributed by atoms with Gasteiger partial charge < -0.3 is 9.47 Å². The van der Waals surface area contributed by atoms with E-state index in [0.29, 0.717) is 16.4 Å². The second-order valence-electron chi connectivity index (χ2n) is 8.19. The average Bonchev–Trinajstić information content (AvgIpc) is 3.36. The zero-order valence-corrected chi connectivity index (χ0v) is 22.4. The zero-order chi connectivity index (χ0) is 26.6. The average molecular weight is 539 g/mol. The monoisotopic (exact) mass is 538 g/mol. The molecule has 0 unspecified atom stereocenters. The Labute approximate surface area is 219 Å². The number of benzene rings is 3. The first kappa shape index (κ1) is 26.1. The van der Waals surface area contributed by atoms with Gasteiger partial charge in [-0.25, -0.2) is 8.42 Å². The Hall–Kier alpha value is -3.96. The zero-order valence-electron chi connectivity index (χ0n) is 20.8. The van der Waals surface area contributed by atoms with Crippen LogP contribution < -0.4 is 19.1 Å². The maximum Gasteiger partial charge on any atom is 0.264 e. The van der Waals surface area contributed by atoms with Crippen LogP contribution in [0.4, 0.5) is 10.8 Å². The van der Waals surface area contributed by atoms with Gasteiger partial charge in [-0.1, -0.05) is 58.9 Å². The lowest BCUT2D eigenvalue weighted by molar-refractivity contribution is -0.114. The summed E-state index contributed by atoms with van der Waals surface area (Å²) in [5.41, 5.74) is 3.29. The summed E-state index contributed by atoms with van der Waals surface area (Å²) in [5.74, 6) is 0.0901. The van der Waals surface area contributed by atoms with E-state index in [4.69, 9.17) is 9.47 Å². The Balaban J connectivity index is 1.61. The fraction of sp³-hybridized carbons (Fsp3) is 0.192. The molecule has 0 aliphatic heterocycles. The fourth-order valence-electron chi connectivity index (χ4n) is 3.51. The van der Waals surface area contributed by atoms with Gasteiger partial charge in [0.2, 0.25) is 11.0 Å². The van der Waals surface area contributed by atoms with Crippen LogP contribution in [-0.4, -0.2) is 45.3 Å². The first-order valence-corrected chi connectivity index (χ1v) is 13.5. The van der Waals surface area contributed by atoms with Crippen molar-refractivity contribution < 1.29 is 22.7 Å². The highest BCUT2D eigenvalue weighted by Crippen LogP contribution is 2.32. The second-order valence-corrected chi connectivity index (χ2v) is 11.0. The van der Waals surface area contributed by atoms with Crippen molar-refractivity contribution in [3.8, 4) is 22.1 Å². The number of amides is 1. The lowest BCUT2D eigenvalue weighted by atomic mass is 10.2. The van der Waals surface area contributed by atoms with Gasteiger partial charge in [0, 0.05) is 11.6 Å². The summed E-state index contributed by atoms with van der Waals surface area (Å²) in [4.78, 5) is 13.0. The molecule has 1 aromatic heterocycles. The highest BCUT2D eigenvalue weighted by molar-refractivity contribution is 7.92. The number of aromatic nitrogens is 2. The van der Waals surface area contributed by atoms with Crippen molar-refractivity contribution in [3.05, 3.63) is 77.9 Å². The predicted octanol–water partition coefficient (Wildman–Crippen LogP) is 4.67. The van der Waals surface area contributed by atoms with Gasteiger partial charge in [-0.2, -0.15) is 0 Å². The van der Waals surface area contributed by atoms with Gasteiger partial charge in [0.05, 0.1) is 24.8 Å². The van der Waals surface area contributed by atoms with Crippen LogP contribution in [0.2, 0.25) is 0 Å². The molecule has 0 radical (unpaired) electrons. The molecule has 1 N–H and O–H groups in total. The van der Waals surface area contributed by atoms with Gasteiger partial charge in [-0.3, -0.25) is 14.4 Å². The Bertz CT molecular complexity index is 1500. The molecule has 0 fully saturated rings. The van der Waals surface area contributed by atoms with Crippen LogP contribution >= 0.6 is 11.3 Å². The fourth-order valence-corrected chi connectivity index (χ4v) is 5.71. The molecule has 4 aromatic rings. The number of anilines is 2. The van der Waals surface area contributed by atoms with Gasteiger partial charge in [0.25, 0.3) is 10.0 Å². The standard InChI is InChI=1S/C26H26N4O5S2/c1-17-5-9-19(10-6-17)25-28-29-26(36-25)27-24(31)16-30(20-11-7-18(2)8-12-20)37(32,33)21-13-14-22(34-3)23(15-21)35-4/h5-15H,16H2,1-4H3,(H,27,29,31). The van der Waals surface area contributed by atoms with Gasteiger partial charge in [-0.15, -0.1) is 10.2 Å². The number of sulfonamides is 1. The van der Waals surface area contributed by atoms with E-state index in [1.165, 1.54) is 43.8 Å². The van der Waals surface area contributed by atoms with Gasteiger partial charge >= 0.3 is 0 Å². The van der Waals surface area contributed by atoms with Crippen LogP contribution in [-0.2, 0) is 14.8 Å². The topological polar surface area (TPSA) is 111 Å². The number of hydrogen-bond donors (Lipinski definition) is 1. The Morgan fingerprint density at radius 1 is 0.892 bits per heavy atom. The number of carbonyl (C=O) groups excluding carboxylic acids is 1. The van der Waals surface area contributed by atoms with Gasteiger partial charge in [0.15, 0.2) is 11.5 Å². The molecule has 0 atom stereocenters. The van der Waals surface area contributed by atoms with Gasteiger partial charge in [-0.05, 0) is 38.1 Å². The third-order valence-electron chi connectivity index (χ3n) is 5.52. The lowest BCUT2D eigenvalue weighted by Crippen LogP contribution is -2.38. The number of rotatable bonds is 9. The summed E-state index contributed by atoms with van der Waals surface area (Å²) in [6.07, 6.45) is 0. The predicted molar refractivity (Wildman–Crippen MR) is 144 cm³/mol. The molecule has 0 bridgehead atoms. The number of aryl methyl sites for hydroxylation is 2. The Morgan fingerprint density at radius 3 is 2.14 bits per heavy atom. The molecule has 3 aromatic carbocycles. The maximum atomic E-state index is 13.7. The highest BCUT2D eigenvalue weighted by Gasteiger charge is 2.28. The minimum atomic E-state index is -4.15. The molecule has 0 saturated heterocycles. The van der Waals surface area contributed by atoms with Crippen LogP contribution in [0.25, 0.3) is 10.6 Å². The molecule has 1 heterocycles. The molecular weight excluding hydrogens is 512 g/mol. The van der Waals surface area contributed by atoms with E-state index in [1.807, 2.05) is 38.1 Å². The number of nitrogens with zero attached hydrogens (tertiary/aromatic N) is 3. The van der Waals surface area contributed by atoms with Crippen LogP contribution in [0.5, 0.6) is 11.5 Å². The van der Waals surface area contributed by atoms with Crippen molar-refractivity contribution in [1.82, 2.24) is 10.2 Å². The van der Waals surface area contributed by atoms with E-state index in [1.54, 1.807) is 24.3 Å². The van der Waals surface area contributed by atoms with Crippen LogP contribution in [0.15, 0.2) is 71.6 Å². The van der Waals surface area contributed by atoms with Crippen molar-refractivity contribution >= 4 is 38.1 Å². The van der Waals surface area contributed by atoms with Crippen molar-refractivity contribution in [2.45, 2.75) is 18.7 Å². The molecule has 0 saturated carbocycles. The molecule has 9 nitrogen and oxygen atoms in total. The van der Waals surface area contributed by atoms with E-state index < -0.39 is 22.5 Å². The largest absolute Gasteiger partial charge is 0.493 e. The minimum absolute atomic E-state index is 0.0453. The van der Waals surface area contributed by atoms with Crippen LogP contribution in [0.1, 0.15) is 11.1 Å². The maximum absolute atomic E-state index is 13.7. The summed E-state index contributed by atoms with van der Waals surface area (Å²) >= 11 is 1.21. The number of hydrogen-bond acceptors (Lipinski definition) is 8. The summed E-state index contributed by atoms with van der Waals surface area (Å²) in [6, 6.07) is 18.9. The van der Waals surface area contributed by atoms with E-state index in [0.717, 1.165) is 21.0 Å². The first-order chi connectivity index (χ1) is 17.7. The molecule has 1 amide bonds. The molecule has 11 heteroatoms. The summed E-state index contributed by atoms with van der Waals surface area (Å²) in [6.45, 7) is 3.41. The Morgan fingerprint density at radius 2 is 1.51 bits per heavy atom. The van der Waals surface area contributed by atoms with Crippen molar-refractivity contribution in [2.75, 3.05) is 30.4 Å². The first-order valence-electron chi connectivity index (χ1n) is 11.2. The number of carbonyl (C=O) groups is 1. The van der Waals surface area contributed by atoms with E-state index in [2.05, 4.69) is 15.5 Å². The third-order valence-corrected chi connectivity index (χ3v) is 8.18. The lowest BCUT2D eigenvalue weighted by Gasteiger charge is -2.24. The Kier molecular flexibility index (Phi) is 7.74. The molecular formula is C26H26N4O5S2. The second kappa shape index (κ2) is 11.0. The van der Waals surface area contributed by atoms with E-state index in [-0.39, 0.29) is 15.8 Å². The van der Waals surface area contributed by atoms with Gasteiger partial charge in [0.1, 0.15) is 11.6 Å². The molecule has 0 aliphatic carbocycles. The van der Waals surface area contributed by atoms with Crippen LogP contribution in [0.3, 0.4) is 0 Å². The van der Waals surface area contributed by atoms with E-state index >= 15 is 0 Å². The molecule has 0 spiro atoms. The summed E-state index contributed by atoms with van der Waals surface area (Å²) < 4.78 is 39.0. The molecule has 4 rings (SSSR count).